The van der Waals surface area contributed by atoms with Gasteiger partial charge in [0.15, 0.2) is 0 Å². The third kappa shape index (κ3) is 3.30. The molecule has 1 aromatic rings. The van der Waals surface area contributed by atoms with Crippen LogP contribution in [0.15, 0.2) is 43.0 Å². The van der Waals surface area contributed by atoms with Crippen LogP contribution in [0.25, 0.3) is 0 Å². The molecule has 5 nitrogen and oxygen atoms in total. The summed E-state index contributed by atoms with van der Waals surface area (Å²) in [6, 6.07) is 9.79. The van der Waals surface area contributed by atoms with Gasteiger partial charge in [-0.05, 0) is 24.8 Å². The molecule has 2 fully saturated rings. The smallest absolute Gasteiger partial charge is 0.317 e. The van der Waals surface area contributed by atoms with E-state index in [1.807, 2.05) is 40.1 Å². The fraction of sp³-hybridized carbons (Fsp3) is 0.474. The van der Waals surface area contributed by atoms with Gasteiger partial charge in [-0.25, -0.2) is 4.79 Å². The Morgan fingerprint density at radius 2 is 2.04 bits per heavy atom. The van der Waals surface area contributed by atoms with Crippen molar-refractivity contribution < 1.29 is 9.59 Å². The summed E-state index contributed by atoms with van der Waals surface area (Å²) in [5, 5.41) is 2.97. The van der Waals surface area contributed by atoms with E-state index in [0.29, 0.717) is 19.6 Å². The molecular weight excluding hydrogens is 302 g/mol. The van der Waals surface area contributed by atoms with Gasteiger partial charge in [0.05, 0.1) is 5.41 Å². The Hall–Kier alpha value is -2.30. The Morgan fingerprint density at radius 3 is 2.79 bits per heavy atom. The minimum atomic E-state index is -0.384. The molecule has 1 unspecified atom stereocenters. The van der Waals surface area contributed by atoms with Crippen LogP contribution in [0.2, 0.25) is 0 Å². The van der Waals surface area contributed by atoms with Crippen LogP contribution in [0, 0.1) is 5.41 Å². The molecule has 2 aliphatic heterocycles. The highest BCUT2D eigenvalue weighted by molar-refractivity contribution is 5.86. The van der Waals surface area contributed by atoms with E-state index in [2.05, 4.69) is 11.9 Å². The van der Waals surface area contributed by atoms with E-state index in [-0.39, 0.29) is 17.4 Å². The molecule has 0 aromatic heterocycles. The molecule has 0 radical (unpaired) electrons. The highest BCUT2D eigenvalue weighted by Crippen LogP contribution is 2.40. The summed E-state index contributed by atoms with van der Waals surface area (Å²) < 4.78 is 0. The van der Waals surface area contributed by atoms with Gasteiger partial charge in [-0.15, -0.1) is 6.58 Å². The maximum absolute atomic E-state index is 12.7. The first-order chi connectivity index (χ1) is 11.6. The number of hydrogen-bond acceptors (Lipinski definition) is 2. The van der Waals surface area contributed by atoms with E-state index < -0.39 is 0 Å². The van der Waals surface area contributed by atoms with Crippen molar-refractivity contribution in [2.75, 3.05) is 26.2 Å². The second-order valence-electron chi connectivity index (χ2n) is 6.74. The molecule has 3 amide bonds. The van der Waals surface area contributed by atoms with Gasteiger partial charge in [0.1, 0.15) is 0 Å². The van der Waals surface area contributed by atoms with E-state index in [1.54, 1.807) is 6.08 Å². The summed E-state index contributed by atoms with van der Waals surface area (Å²) in [4.78, 5) is 28.9. The number of carbonyl (C=O) groups is 2. The van der Waals surface area contributed by atoms with Crippen molar-refractivity contribution in [1.82, 2.24) is 15.1 Å². The van der Waals surface area contributed by atoms with Crippen molar-refractivity contribution in [3.05, 3.63) is 48.6 Å². The van der Waals surface area contributed by atoms with Crippen LogP contribution in [0.3, 0.4) is 0 Å². The molecule has 3 rings (SSSR count). The average Bonchev–Trinajstić information content (AvgIpc) is 2.90. The van der Waals surface area contributed by atoms with Crippen molar-refractivity contribution in [1.29, 1.82) is 0 Å². The van der Waals surface area contributed by atoms with Crippen LogP contribution in [-0.4, -0.2) is 47.9 Å². The van der Waals surface area contributed by atoms with Gasteiger partial charge in [-0.2, -0.15) is 0 Å². The van der Waals surface area contributed by atoms with E-state index in [9.17, 15) is 9.59 Å². The molecule has 128 valence electrons. The first-order valence-electron chi connectivity index (χ1n) is 8.62. The minimum absolute atomic E-state index is 0.0760. The Kier molecular flexibility index (Phi) is 4.88. The number of piperidine rings is 1. The second kappa shape index (κ2) is 7.07. The maximum atomic E-state index is 12.7. The van der Waals surface area contributed by atoms with Crippen LogP contribution < -0.4 is 5.32 Å². The number of rotatable bonds is 4. The Labute approximate surface area is 143 Å². The zero-order valence-corrected chi connectivity index (χ0v) is 14.0. The van der Waals surface area contributed by atoms with E-state index in [0.717, 1.165) is 37.9 Å². The van der Waals surface area contributed by atoms with Gasteiger partial charge < -0.3 is 15.1 Å². The largest absolute Gasteiger partial charge is 0.338 e. The SMILES string of the molecule is C=CCN1CCC2(CCCN(C(=O)NCc3ccccc3)C2)C1=O. The monoisotopic (exact) mass is 327 g/mol. The van der Waals surface area contributed by atoms with E-state index in [1.165, 1.54) is 0 Å². The van der Waals surface area contributed by atoms with Crippen LogP contribution in [-0.2, 0) is 11.3 Å². The summed E-state index contributed by atoms with van der Waals surface area (Å²) >= 11 is 0. The van der Waals surface area contributed by atoms with Crippen molar-refractivity contribution >= 4 is 11.9 Å². The third-order valence-electron chi connectivity index (χ3n) is 5.10. The topological polar surface area (TPSA) is 52.6 Å². The molecule has 0 aliphatic carbocycles. The Morgan fingerprint density at radius 1 is 1.25 bits per heavy atom. The van der Waals surface area contributed by atoms with Gasteiger partial charge >= 0.3 is 6.03 Å². The van der Waals surface area contributed by atoms with Gasteiger partial charge in [-0.1, -0.05) is 36.4 Å². The average molecular weight is 327 g/mol. The predicted molar refractivity (Wildman–Crippen MR) is 93.3 cm³/mol. The van der Waals surface area contributed by atoms with Gasteiger partial charge in [0.25, 0.3) is 0 Å². The fourth-order valence-electron chi connectivity index (χ4n) is 3.79. The van der Waals surface area contributed by atoms with Crippen molar-refractivity contribution in [2.24, 2.45) is 5.41 Å². The number of hydrogen-bond donors (Lipinski definition) is 1. The van der Waals surface area contributed by atoms with Crippen LogP contribution in [0.1, 0.15) is 24.8 Å². The first kappa shape index (κ1) is 16.6. The molecular formula is C19H25N3O2. The molecule has 2 saturated heterocycles. The molecule has 24 heavy (non-hydrogen) atoms. The molecule has 5 heteroatoms. The van der Waals surface area contributed by atoms with Crippen LogP contribution >= 0.6 is 0 Å². The highest BCUT2D eigenvalue weighted by atomic mass is 16.2. The van der Waals surface area contributed by atoms with Gasteiger partial charge in [0.2, 0.25) is 5.91 Å². The zero-order valence-electron chi connectivity index (χ0n) is 14.0. The first-order valence-corrected chi connectivity index (χ1v) is 8.62. The highest BCUT2D eigenvalue weighted by Gasteiger charge is 2.49. The van der Waals surface area contributed by atoms with Crippen molar-refractivity contribution in [3.8, 4) is 0 Å². The molecule has 0 bridgehead atoms. The summed E-state index contributed by atoms with van der Waals surface area (Å²) in [6.45, 7) is 6.85. The number of amides is 3. The summed E-state index contributed by atoms with van der Waals surface area (Å²) in [6.07, 6.45) is 4.36. The zero-order chi connectivity index (χ0) is 17.0. The van der Waals surface area contributed by atoms with Crippen LogP contribution in [0.5, 0.6) is 0 Å². The molecule has 2 aliphatic rings. The standard InChI is InChI=1S/C19H25N3O2/c1-2-11-21-13-10-19(17(21)23)9-6-12-22(15-19)18(24)20-14-16-7-4-3-5-8-16/h2-5,7-8H,1,6,9-15H2,(H,20,24). The van der Waals surface area contributed by atoms with Crippen LogP contribution in [0.4, 0.5) is 4.79 Å². The predicted octanol–water partition coefficient (Wildman–Crippen LogP) is 2.40. The normalized spacial score (nSPS) is 23.6. The lowest BCUT2D eigenvalue weighted by Gasteiger charge is -2.38. The number of nitrogens with one attached hydrogen (secondary N) is 1. The summed E-state index contributed by atoms with van der Waals surface area (Å²) in [5.74, 6) is 0.183. The lowest BCUT2D eigenvalue weighted by Crippen LogP contribution is -2.52. The van der Waals surface area contributed by atoms with E-state index >= 15 is 0 Å². The number of benzene rings is 1. The lowest BCUT2D eigenvalue weighted by molar-refractivity contribution is -0.137. The molecule has 0 saturated carbocycles. The maximum Gasteiger partial charge on any atom is 0.317 e. The second-order valence-corrected chi connectivity index (χ2v) is 6.74. The Balaban J connectivity index is 1.60. The summed E-state index contributed by atoms with van der Waals surface area (Å²) in [5.41, 5.74) is 0.692. The molecule has 1 aromatic carbocycles. The fourth-order valence-corrected chi connectivity index (χ4v) is 3.79. The number of nitrogens with zero attached hydrogens (tertiary/aromatic N) is 2. The molecule has 1 atom stereocenters. The van der Waals surface area contributed by atoms with Gasteiger partial charge in [0, 0.05) is 32.7 Å². The lowest BCUT2D eigenvalue weighted by atomic mass is 9.78. The molecule has 1 spiro atoms. The van der Waals surface area contributed by atoms with Gasteiger partial charge in [-0.3, -0.25) is 4.79 Å². The summed E-state index contributed by atoms with van der Waals surface area (Å²) in [7, 11) is 0. The van der Waals surface area contributed by atoms with Crippen molar-refractivity contribution in [3.63, 3.8) is 0 Å². The number of urea groups is 1. The Bertz CT molecular complexity index is 616. The number of likely N-dealkylation sites (tertiary alicyclic amines) is 2. The molecule has 2 heterocycles. The molecule has 1 N–H and O–H groups in total. The van der Waals surface area contributed by atoms with E-state index in [4.69, 9.17) is 0 Å². The van der Waals surface area contributed by atoms with Crippen molar-refractivity contribution in [2.45, 2.75) is 25.8 Å². The number of carbonyl (C=O) groups excluding carboxylic acids is 2. The third-order valence-corrected chi connectivity index (χ3v) is 5.10. The minimum Gasteiger partial charge on any atom is -0.338 e. The quantitative estimate of drug-likeness (QED) is 0.864.